The largest absolute Gasteiger partial charge is 0.491 e. The van der Waals surface area contributed by atoms with Crippen LogP contribution >= 0.6 is 0 Å². The number of nitrogens with zero attached hydrogens (tertiary/aromatic N) is 1. The van der Waals surface area contributed by atoms with E-state index >= 15 is 0 Å². The summed E-state index contributed by atoms with van der Waals surface area (Å²) in [6.07, 6.45) is 4.37. The highest BCUT2D eigenvalue weighted by Gasteiger charge is 2.42. The first-order valence-corrected chi connectivity index (χ1v) is 11.8. The van der Waals surface area contributed by atoms with Gasteiger partial charge in [0.2, 0.25) is 0 Å². The van der Waals surface area contributed by atoms with E-state index in [4.69, 9.17) is 14.2 Å². The Kier molecular flexibility index (Phi) is 7.73. The lowest BCUT2D eigenvalue weighted by Gasteiger charge is -2.30. The molecule has 2 fully saturated rings. The number of hydrogen-bond acceptors (Lipinski definition) is 6. The number of carboxylic acids is 1. The zero-order valence-corrected chi connectivity index (χ0v) is 18.9. The van der Waals surface area contributed by atoms with Crippen LogP contribution in [0.15, 0.2) is 48.5 Å². The van der Waals surface area contributed by atoms with Crippen LogP contribution in [-0.4, -0.2) is 60.8 Å². The molecule has 2 aliphatic rings. The van der Waals surface area contributed by atoms with Crippen molar-refractivity contribution in [2.75, 3.05) is 37.8 Å². The van der Waals surface area contributed by atoms with E-state index in [2.05, 4.69) is 11.0 Å². The zero-order chi connectivity index (χ0) is 23.1. The number of hydrogen-bond donors (Lipinski definition) is 2. The highest BCUT2D eigenvalue weighted by atomic mass is 16.5. The number of carboxylic acid groups (broad SMARTS) is 1. The second kappa shape index (κ2) is 10.9. The van der Waals surface area contributed by atoms with Crippen LogP contribution in [0, 0.1) is 0 Å². The van der Waals surface area contributed by atoms with Crippen LogP contribution in [0.2, 0.25) is 0 Å². The van der Waals surface area contributed by atoms with Crippen LogP contribution in [-0.2, 0) is 16.0 Å². The maximum absolute atomic E-state index is 11.7. The molecule has 0 amide bonds. The molecule has 7 nitrogen and oxygen atoms in total. The number of rotatable bonds is 10. The molecule has 0 saturated carbocycles. The van der Waals surface area contributed by atoms with Gasteiger partial charge in [-0.05, 0) is 61.9 Å². The maximum Gasteiger partial charge on any atom is 0.336 e. The molecule has 2 atom stereocenters. The first-order chi connectivity index (χ1) is 16.1. The highest BCUT2D eigenvalue weighted by Crippen LogP contribution is 2.32. The predicted octanol–water partition coefficient (Wildman–Crippen LogP) is 3.67. The third-order valence-electron chi connectivity index (χ3n) is 6.32. The molecule has 1 unspecified atom stereocenters. The fourth-order valence-electron chi connectivity index (χ4n) is 4.56. The van der Waals surface area contributed by atoms with E-state index in [1.165, 1.54) is 19.3 Å². The van der Waals surface area contributed by atoms with Crippen LogP contribution < -0.4 is 14.4 Å². The lowest BCUT2D eigenvalue weighted by molar-refractivity contribution is -0.159. The molecule has 2 N–H and O–H groups in total. The Labute approximate surface area is 194 Å². The molecule has 2 heterocycles. The van der Waals surface area contributed by atoms with Crippen LogP contribution in [0.3, 0.4) is 0 Å². The summed E-state index contributed by atoms with van der Waals surface area (Å²) >= 11 is 0. The number of para-hydroxylation sites is 2. The second-order valence-electron chi connectivity index (χ2n) is 8.87. The van der Waals surface area contributed by atoms with E-state index in [1.807, 2.05) is 36.4 Å². The molecule has 0 aromatic heterocycles. The molecule has 0 radical (unpaired) electrons. The summed E-state index contributed by atoms with van der Waals surface area (Å²) in [5.41, 5.74) is 0.741. The molecule has 178 valence electrons. The number of benzene rings is 2. The predicted molar refractivity (Wildman–Crippen MR) is 125 cm³/mol. The minimum atomic E-state index is -1.16. The molecule has 2 saturated heterocycles. The van der Waals surface area contributed by atoms with Crippen LogP contribution in [0.4, 0.5) is 5.69 Å². The summed E-state index contributed by atoms with van der Waals surface area (Å²) in [6, 6.07) is 15.3. The third-order valence-corrected chi connectivity index (χ3v) is 6.32. The summed E-state index contributed by atoms with van der Waals surface area (Å²) in [4.78, 5) is 14.1. The maximum atomic E-state index is 11.7. The van der Waals surface area contributed by atoms with Crippen molar-refractivity contribution in [1.82, 2.24) is 0 Å². The van der Waals surface area contributed by atoms with Gasteiger partial charge in [0.25, 0.3) is 0 Å². The smallest absolute Gasteiger partial charge is 0.336 e. The van der Waals surface area contributed by atoms with Gasteiger partial charge in [-0.25, -0.2) is 4.79 Å². The molecule has 7 heteroatoms. The molecule has 33 heavy (non-hydrogen) atoms. The Bertz CT molecular complexity index is 921. The summed E-state index contributed by atoms with van der Waals surface area (Å²) in [5, 5.41) is 20.0. The average molecular weight is 456 g/mol. The Morgan fingerprint density at radius 2 is 1.82 bits per heavy atom. The van der Waals surface area contributed by atoms with E-state index in [1.54, 1.807) is 6.07 Å². The Hall–Kier alpha value is -2.77. The topological polar surface area (TPSA) is 88.5 Å². The summed E-state index contributed by atoms with van der Waals surface area (Å²) < 4.78 is 17.3. The van der Waals surface area contributed by atoms with Crippen molar-refractivity contribution in [3.63, 3.8) is 0 Å². The van der Waals surface area contributed by atoms with Gasteiger partial charge < -0.3 is 29.3 Å². The first-order valence-electron chi connectivity index (χ1n) is 11.8. The summed E-state index contributed by atoms with van der Waals surface area (Å²) in [7, 11) is 0. The Balaban J connectivity index is 1.30. The van der Waals surface area contributed by atoms with Crippen molar-refractivity contribution in [3.05, 3.63) is 54.1 Å². The summed E-state index contributed by atoms with van der Waals surface area (Å²) in [6.45, 7) is 2.72. The normalized spacial score (nSPS) is 21.5. The Morgan fingerprint density at radius 3 is 2.58 bits per heavy atom. The molecular formula is C26H33NO6. The fourth-order valence-corrected chi connectivity index (χ4v) is 4.56. The van der Waals surface area contributed by atoms with E-state index in [9.17, 15) is 15.0 Å². The van der Waals surface area contributed by atoms with Gasteiger partial charge in [-0.1, -0.05) is 24.3 Å². The number of carbonyl (C=O) groups is 1. The van der Waals surface area contributed by atoms with Crippen molar-refractivity contribution in [1.29, 1.82) is 0 Å². The van der Waals surface area contributed by atoms with Crippen LogP contribution in [0.1, 0.15) is 37.7 Å². The molecule has 4 rings (SSSR count). The molecule has 2 aliphatic heterocycles. The van der Waals surface area contributed by atoms with Gasteiger partial charge >= 0.3 is 5.97 Å². The minimum absolute atomic E-state index is 0.0793. The van der Waals surface area contributed by atoms with Crippen LogP contribution in [0.5, 0.6) is 11.5 Å². The quantitative estimate of drug-likeness (QED) is 0.565. The number of anilines is 1. The molecule has 0 aliphatic carbocycles. The number of aliphatic hydroxyl groups excluding tert-OH is 1. The van der Waals surface area contributed by atoms with Crippen molar-refractivity contribution < 1.29 is 29.2 Å². The zero-order valence-electron chi connectivity index (χ0n) is 18.9. The van der Waals surface area contributed by atoms with E-state index in [0.29, 0.717) is 25.2 Å². The number of piperidine rings is 1. The van der Waals surface area contributed by atoms with Gasteiger partial charge in [-0.15, -0.1) is 0 Å². The molecule has 2 aromatic carbocycles. The third kappa shape index (κ3) is 5.97. The number of aliphatic hydroxyl groups is 1. The van der Waals surface area contributed by atoms with Gasteiger partial charge in [0.15, 0.2) is 5.60 Å². The molecule has 2 aromatic rings. The van der Waals surface area contributed by atoms with E-state index < -0.39 is 17.7 Å². The van der Waals surface area contributed by atoms with Gasteiger partial charge in [0.05, 0.1) is 5.69 Å². The lowest BCUT2D eigenvalue weighted by atomic mass is 9.91. The standard InChI is InChI=1S/C26H33NO6/c28-21(19-32-24-11-3-2-10-23(24)27-13-4-1-5-14-27)18-31-22-9-6-8-20(16-22)17-26(25(29)30)12-7-15-33-26/h2-3,6,8-11,16,21,28H,1,4-5,7,12-15,17-19H2,(H,29,30)/t21-,26?/m1/s1. The highest BCUT2D eigenvalue weighted by molar-refractivity contribution is 5.78. The molecule has 0 spiro atoms. The lowest BCUT2D eigenvalue weighted by Crippen LogP contribution is -2.40. The van der Waals surface area contributed by atoms with Crippen LogP contribution in [0.25, 0.3) is 0 Å². The molecule has 0 bridgehead atoms. The number of aliphatic carboxylic acids is 1. The van der Waals surface area contributed by atoms with Gasteiger partial charge in [-0.3, -0.25) is 0 Å². The van der Waals surface area contributed by atoms with Crippen molar-refractivity contribution in [3.8, 4) is 11.5 Å². The van der Waals surface area contributed by atoms with Gasteiger partial charge in [0, 0.05) is 26.1 Å². The first kappa shape index (κ1) is 23.4. The van der Waals surface area contributed by atoms with Crippen molar-refractivity contribution in [2.45, 2.75) is 50.2 Å². The van der Waals surface area contributed by atoms with Crippen molar-refractivity contribution >= 4 is 11.7 Å². The Morgan fingerprint density at radius 1 is 1.03 bits per heavy atom. The van der Waals surface area contributed by atoms with E-state index in [0.717, 1.165) is 36.5 Å². The van der Waals surface area contributed by atoms with E-state index in [-0.39, 0.29) is 13.2 Å². The SMILES string of the molecule is O=C(O)C1(Cc2cccc(OC[C@@H](O)COc3ccccc3N3CCCCC3)c2)CCCO1. The fraction of sp³-hybridized carbons (Fsp3) is 0.500. The minimum Gasteiger partial charge on any atom is -0.491 e. The van der Waals surface area contributed by atoms with Gasteiger partial charge in [-0.2, -0.15) is 0 Å². The van der Waals surface area contributed by atoms with Gasteiger partial charge in [0.1, 0.15) is 30.8 Å². The average Bonchev–Trinajstić information content (AvgIpc) is 3.32. The monoisotopic (exact) mass is 455 g/mol. The number of ether oxygens (including phenoxy) is 3. The second-order valence-corrected chi connectivity index (χ2v) is 8.87. The van der Waals surface area contributed by atoms with Crippen molar-refractivity contribution in [2.24, 2.45) is 0 Å². The molecular weight excluding hydrogens is 422 g/mol. The summed E-state index contributed by atoms with van der Waals surface area (Å²) in [5.74, 6) is 0.429.